The van der Waals surface area contributed by atoms with E-state index in [2.05, 4.69) is 16.8 Å². The fraction of sp³-hybridized carbons (Fsp3) is 0.538. The first kappa shape index (κ1) is 15.8. The highest BCUT2D eigenvalue weighted by molar-refractivity contribution is 6.27. The van der Waals surface area contributed by atoms with Crippen molar-refractivity contribution in [3.63, 3.8) is 0 Å². The van der Waals surface area contributed by atoms with Gasteiger partial charge in [-0.15, -0.1) is 5.92 Å². The Morgan fingerprint density at radius 1 is 1.67 bits per heavy atom. The minimum Gasteiger partial charge on any atom is -0.391 e. The number of halogens is 1. The molecule has 0 aromatic carbocycles. The van der Waals surface area contributed by atoms with Crippen LogP contribution in [0.5, 0.6) is 0 Å². The first-order chi connectivity index (χ1) is 9.81. The summed E-state index contributed by atoms with van der Waals surface area (Å²) < 4.78 is 6.65. The van der Waals surface area contributed by atoms with Gasteiger partial charge in [0.1, 0.15) is 18.0 Å². The van der Waals surface area contributed by atoms with Gasteiger partial charge in [-0.3, -0.25) is 4.57 Å². The smallest absolute Gasteiger partial charge is 0.351 e. The van der Waals surface area contributed by atoms with Crippen molar-refractivity contribution in [2.75, 3.05) is 5.73 Å². The number of hydrogen-bond donors (Lipinski definition) is 3. The Kier molecular flexibility index (Phi) is 4.25. The zero-order chi connectivity index (χ0) is 15.8. The molecule has 8 heteroatoms. The highest BCUT2D eigenvalue weighted by atomic mass is 35.5. The summed E-state index contributed by atoms with van der Waals surface area (Å²) in [6.07, 6.45) is -2.97. The lowest BCUT2D eigenvalue weighted by molar-refractivity contribution is -0.0773. The summed E-state index contributed by atoms with van der Waals surface area (Å²) >= 11 is 6.39. The minimum absolute atomic E-state index is 0.0589. The van der Waals surface area contributed by atoms with Crippen molar-refractivity contribution >= 4 is 17.4 Å². The zero-order valence-electron chi connectivity index (χ0n) is 11.5. The molecule has 1 aromatic heterocycles. The Morgan fingerprint density at radius 2 is 2.33 bits per heavy atom. The van der Waals surface area contributed by atoms with E-state index in [1.54, 1.807) is 6.92 Å². The van der Waals surface area contributed by atoms with Crippen LogP contribution < -0.4 is 11.4 Å². The molecule has 4 N–H and O–H groups in total. The number of nitrogen functional groups attached to an aromatic ring is 1. The second kappa shape index (κ2) is 5.66. The van der Waals surface area contributed by atoms with Gasteiger partial charge in [0.25, 0.3) is 0 Å². The lowest BCUT2D eigenvalue weighted by atomic mass is 9.96. The molecular weight excluding hydrogens is 298 g/mol. The molecule has 2 heterocycles. The molecule has 0 bridgehead atoms. The van der Waals surface area contributed by atoms with Gasteiger partial charge in [-0.05, 0) is 19.9 Å². The van der Waals surface area contributed by atoms with Crippen molar-refractivity contribution in [3.05, 3.63) is 22.7 Å². The van der Waals surface area contributed by atoms with Crippen LogP contribution in [0.15, 0.2) is 17.1 Å². The molecule has 5 atom stereocenters. The molecule has 7 nitrogen and oxygen atoms in total. The topological polar surface area (TPSA) is 111 Å². The number of ether oxygens (including phenoxy) is 1. The highest BCUT2D eigenvalue weighted by Crippen LogP contribution is 2.43. The molecule has 21 heavy (non-hydrogen) atoms. The first-order valence-corrected chi connectivity index (χ1v) is 6.68. The molecule has 0 spiro atoms. The average molecular weight is 314 g/mol. The lowest BCUT2D eigenvalue weighted by Crippen LogP contribution is -2.44. The average Bonchev–Trinajstić information content (AvgIpc) is 2.64. The number of anilines is 1. The standard InChI is InChI=1S/C13H16ClN3O4/c1-3-5-13(14)10(19)9(7(2)18)21-11(13)17-6-4-8(15)16-12(17)20/h4,6-7,9-11,18-19H,1-2H3,(H2,15,16,20)/t7-,9+,10?,11+,13+/m0/s1. The number of hydrogen-bond acceptors (Lipinski definition) is 6. The minimum atomic E-state index is -1.57. The Bertz CT molecular complexity index is 651. The molecule has 114 valence electrons. The summed E-state index contributed by atoms with van der Waals surface area (Å²) in [5.41, 5.74) is 4.76. The van der Waals surface area contributed by atoms with Crippen LogP contribution >= 0.6 is 11.6 Å². The van der Waals surface area contributed by atoms with Gasteiger partial charge < -0.3 is 20.7 Å². The van der Waals surface area contributed by atoms with E-state index in [0.29, 0.717) is 0 Å². The third-order valence-electron chi connectivity index (χ3n) is 3.28. The van der Waals surface area contributed by atoms with Gasteiger partial charge >= 0.3 is 5.69 Å². The number of aliphatic hydroxyl groups is 2. The molecule has 1 aliphatic rings. The number of rotatable bonds is 2. The highest BCUT2D eigenvalue weighted by Gasteiger charge is 2.57. The van der Waals surface area contributed by atoms with Crippen LogP contribution in [-0.4, -0.2) is 43.0 Å². The second-order valence-corrected chi connectivity index (χ2v) is 5.45. The maximum Gasteiger partial charge on any atom is 0.351 e. The molecular formula is C13H16ClN3O4. The van der Waals surface area contributed by atoms with Crippen LogP contribution in [-0.2, 0) is 4.74 Å². The summed E-state index contributed by atoms with van der Waals surface area (Å²) in [5, 5.41) is 20.0. The largest absolute Gasteiger partial charge is 0.391 e. The molecule has 0 aliphatic carbocycles. The van der Waals surface area contributed by atoms with E-state index in [1.165, 1.54) is 19.2 Å². The Labute approximate surface area is 126 Å². The quantitative estimate of drug-likeness (QED) is 0.500. The third-order valence-corrected chi connectivity index (χ3v) is 3.79. The Hall–Kier alpha value is -1.59. The summed E-state index contributed by atoms with van der Waals surface area (Å²) in [6, 6.07) is 1.41. The van der Waals surface area contributed by atoms with Gasteiger partial charge in [0.2, 0.25) is 0 Å². The van der Waals surface area contributed by atoms with E-state index in [-0.39, 0.29) is 5.82 Å². The normalized spacial score (nSPS) is 33.3. The van der Waals surface area contributed by atoms with Crippen molar-refractivity contribution in [1.29, 1.82) is 0 Å². The van der Waals surface area contributed by atoms with Gasteiger partial charge in [-0.1, -0.05) is 17.5 Å². The van der Waals surface area contributed by atoms with Crippen molar-refractivity contribution in [2.24, 2.45) is 0 Å². The maximum atomic E-state index is 11.9. The molecule has 1 unspecified atom stereocenters. The number of aromatic nitrogens is 2. The van der Waals surface area contributed by atoms with E-state index >= 15 is 0 Å². The maximum absolute atomic E-state index is 11.9. The molecule has 1 aromatic rings. The molecule has 0 radical (unpaired) electrons. The van der Waals surface area contributed by atoms with Crippen molar-refractivity contribution in [3.8, 4) is 11.8 Å². The fourth-order valence-corrected chi connectivity index (χ4v) is 2.66. The van der Waals surface area contributed by atoms with Crippen LogP contribution in [0, 0.1) is 11.8 Å². The van der Waals surface area contributed by atoms with Crippen molar-refractivity contribution in [1.82, 2.24) is 9.55 Å². The summed E-state index contributed by atoms with van der Waals surface area (Å²) in [5.74, 6) is 5.32. The van der Waals surface area contributed by atoms with E-state index in [9.17, 15) is 15.0 Å². The Morgan fingerprint density at radius 3 is 2.86 bits per heavy atom. The van der Waals surface area contributed by atoms with Gasteiger partial charge in [0, 0.05) is 6.20 Å². The number of nitrogens with zero attached hydrogens (tertiary/aromatic N) is 2. The summed E-state index contributed by atoms with van der Waals surface area (Å²) in [4.78, 5) is 14.0. The fourth-order valence-electron chi connectivity index (χ4n) is 2.28. The predicted molar refractivity (Wildman–Crippen MR) is 76.5 cm³/mol. The van der Waals surface area contributed by atoms with E-state index in [0.717, 1.165) is 4.57 Å². The van der Waals surface area contributed by atoms with Crippen LogP contribution in [0.3, 0.4) is 0 Å². The van der Waals surface area contributed by atoms with Gasteiger partial charge in [0.15, 0.2) is 11.1 Å². The van der Waals surface area contributed by atoms with E-state index in [4.69, 9.17) is 22.1 Å². The van der Waals surface area contributed by atoms with Gasteiger partial charge in [0.05, 0.1) is 6.10 Å². The third kappa shape index (κ3) is 2.63. The van der Waals surface area contributed by atoms with Crippen LogP contribution in [0.25, 0.3) is 0 Å². The molecule has 1 fully saturated rings. The summed E-state index contributed by atoms with van der Waals surface area (Å²) in [6.45, 7) is 3.00. The molecule has 0 amide bonds. The lowest BCUT2D eigenvalue weighted by Gasteiger charge is -2.25. The Balaban J connectivity index is 2.54. The van der Waals surface area contributed by atoms with Crippen LogP contribution in [0.4, 0.5) is 5.82 Å². The molecule has 1 aliphatic heterocycles. The second-order valence-electron chi connectivity index (χ2n) is 4.82. The van der Waals surface area contributed by atoms with Crippen molar-refractivity contribution in [2.45, 2.75) is 43.3 Å². The SMILES string of the molecule is CC#C[C@@]1(Cl)C(O)[C@@H]([C@H](C)O)O[C@H]1n1ccc(N)nc1=O. The monoisotopic (exact) mass is 313 g/mol. The first-order valence-electron chi connectivity index (χ1n) is 6.30. The predicted octanol–water partition coefficient (Wildman–Crippen LogP) is -0.535. The zero-order valence-corrected chi connectivity index (χ0v) is 12.3. The number of nitrogens with two attached hydrogens (primary N) is 1. The van der Waals surface area contributed by atoms with Crippen LogP contribution in [0.2, 0.25) is 0 Å². The molecule has 2 rings (SSSR count). The molecule has 0 saturated carbocycles. The van der Waals surface area contributed by atoms with Crippen LogP contribution in [0.1, 0.15) is 20.1 Å². The number of alkyl halides is 1. The van der Waals surface area contributed by atoms with E-state index < -0.39 is 35.1 Å². The number of aliphatic hydroxyl groups excluding tert-OH is 2. The molecule has 1 saturated heterocycles. The summed E-state index contributed by atoms with van der Waals surface area (Å²) in [7, 11) is 0. The van der Waals surface area contributed by atoms with Gasteiger partial charge in [-0.2, -0.15) is 4.98 Å². The van der Waals surface area contributed by atoms with Crippen molar-refractivity contribution < 1.29 is 14.9 Å². The van der Waals surface area contributed by atoms with E-state index in [1.807, 2.05) is 0 Å². The van der Waals surface area contributed by atoms with Gasteiger partial charge in [-0.25, -0.2) is 4.79 Å².